The van der Waals surface area contributed by atoms with Crippen molar-refractivity contribution in [2.75, 3.05) is 20.1 Å². The van der Waals surface area contributed by atoms with Gasteiger partial charge in [-0.05, 0) is 86.7 Å². The number of likely N-dealkylation sites (N-methyl/N-ethyl adjacent to an activating group) is 1. The highest BCUT2D eigenvalue weighted by molar-refractivity contribution is 9.10. The molecule has 2 bridgehead atoms. The van der Waals surface area contributed by atoms with Crippen molar-refractivity contribution < 1.29 is 19.0 Å². The van der Waals surface area contributed by atoms with E-state index in [0.29, 0.717) is 34.3 Å². The second kappa shape index (κ2) is 9.38. The Bertz CT molecular complexity index is 1500. The zero-order chi connectivity index (χ0) is 26.9. The van der Waals surface area contributed by atoms with Crippen LogP contribution < -0.4 is 4.74 Å². The van der Waals surface area contributed by atoms with E-state index in [1.807, 2.05) is 26.0 Å². The molecule has 0 radical (unpaired) electrons. The number of hydrogen-bond acceptors (Lipinski definition) is 5. The van der Waals surface area contributed by atoms with Crippen molar-refractivity contribution in [1.82, 2.24) is 19.4 Å². The van der Waals surface area contributed by atoms with Crippen LogP contribution in [0, 0.1) is 30.0 Å². The Labute approximate surface area is 229 Å². The summed E-state index contributed by atoms with van der Waals surface area (Å²) in [6.45, 7) is 5.58. The molecule has 0 spiro atoms. The summed E-state index contributed by atoms with van der Waals surface area (Å²) >= 11 is 3.41. The van der Waals surface area contributed by atoms with Crippen molar-refractivity contribution in [2.45, 2.75) is 70.2 Å². The zero-order valence-corrected chi connectivity index (χ0v) is 23.3. The normalized spacial score (nSPS) is 25.6. The Morgan fingerprint density at radius 1 is 1.39 bits per heavy atom. The van der Waals surface area contributed by atoms with E-state index >= 15 is 4.39 Å². The molecular weight excluding hydrogens is 553 g/mol. The molecule has 5 atom stereocenters. The third-order valence-electron chi connectivity index (χ3n) is 8.90. The zero-order valence-electron chi connectivity index (χ0n) is 21.7. The minimum atomic E-state index is -0.895. The quantitative estimate of drug-likeness (QED) is 0.403. The average molecular weight is 584 g/mol. The Morgan fingerprint density at radius 3 is 2.84 bits per heavy atom. The second-order valence-electron chi connectivity index (χ2n) is 11.1. The van der Waals surface area contributed by atoms with Gasteiger partial charge in [-0.1, -0.05) is 0 Å². The molecule has 4 aliphatic rings. The monoisotopic (exact) mass is 583 g/mol. The highest BCUT2D eigenvalue weighted by atomic mass is 79.9. The van der Waals surface area contributed by atoms with Gasteiger partial charge in [0.1, 0.15) is 11.6 Å². The van der Waals surface area contributed by atoms with E-state index in [9.17, 15) is 9.90 Å². The number of carboxylic acid groups (broad SMARTS) is 1. The summed E-state index contributed by atoms with van der Waals surface area (Å²) in [6.07, 6.45) is 2.64. The SMILES string of the molecule is Cc1cc2c(OC(C)[C@@H]3CCCN3C)nc3c(F)c(Br)c(CCC#N)cc3c2n1[C@H]1[C@@H]2C[C@H]1N(C(=O)O)C2. The third-order valence-corrected chi connectivity index (χ3v) is 9.76. The molecule has 3 aromatic rings. The number of aryl methyl sites for hydroxylation is 2. The van der Waals surface area contributed by atoms with Crippen molar-refractivity contribution in [3.63, 3.8) is 0 Å². The van der Waals surface area contributed by atoms with Crippen LogP contribution in [0.15, 0.2) is 16.6 Å². The lowest BCUT2D eigenvalue weighted by atomic mass is 9.79. The molecule has 1 aromatic carbocycles. The predicted molar refractivity (Wildman–Crippen MR) is 145 cm³/mol. The molecule has 1 saturated carbocycles. The van der Waals surface area contributed by atoms with Crippen LogP contribution in [0.4, 0.5) is 9.18 Å². The number of hydrogen-bond donors (Lipinski definition) is 1. The molecule has 2 aromatic heterocycles. The van der Waals surface area contributed by atoms with Crippen molar-refractivity contribution in [3.05, 3.63) is 33.7 Å². The first-order chi connectivity index (χ1) is 18.2. The lowest BCUT2D eigenvalue weighted by Crippen LogP contribution is -2.42. The standard InChI is InChI=1S/C28H31BrFN5O3/c1-14-10-19-26(35(14)25-17-12-21(25)34(13-17)28(36)37)18-11-16(6-4-8-31)22(29)23(30)24(18)32-27(19)38-15(2)20-7-5-9-33(20)3/h10-11,15,17,20-21,25H,4-7,9,12-13H2,1-3H3,(H,36,37)/t15?,17-,20+,21-,25+/m1/s1. The fourth-order valence-corrected chi connectivity index (χ4v) is 7.53. The maximum atomic E-state index is 15.9. The lowest BCUT2D eigenvalue weighted by molar-refractivity contribution is 0.118. The minimum absolute atomic E-state index is 0.0188. The van der Waals surface area contributed by atoms with Crippen molar-refractivity contribution in [3.8, 4) is 11.9 Å². The van der Waals surface area contributed by atoms with Crippen molar-refractivity contribution in [1.29, 1.82) is 5.26 Å². The highest BCUT2D eigenvalue weighted by Gasteiger charge is 2.55. The Hall–Kier alpha value is -2.90. The molecule has 3 aliphatic heterocycles. The van der Waals surface area contributed by atoms with Gasteiger partial charge in [0.2, 0.25) is 5.88 Å². The molecule has 8 nitrogen and oxygen atoms in total. The van der Waals surface area contributed by atoms with Gasteiger partial charge in [-0.15, -0.1) is 0 Å². The number of rotatable bonds is 6. The van der Waals surface area contributed by atoms with Gasteiger partial charge in [-0.25, -0.2) is 14.2 Å². The first-order valence-electron chi connectivity index (χ1n) is 13.3. The largest absolute Gasteiger partial charge is 0.472 e. The fourth-order valence-electron chi connectivity index (χ4n) is 7.03. The van der Waals surface area contributed by atoms with Crippen LogP contribution >= 0.6 is 15.9 Å². The molecule has 3 saturated heterocycles. The van der Waals surface area contributed by atoms with E-state index in [1.54, 1.807) is 0 Å². The molecule has 4 fully saturated rings. The fraction of sp³-hybridized carbons (Fsp3) is 0.536. The summed E-state index contributed by atoms with van der Waals surface area (Å²) in [7, 11) is 2.10. The number of aromatic nitrogens is 2. The van der Waals surface area contributed by atoms with E-state index in [4.69, 9.17) is 15.0 Å². The van der Waals surface area contributed by atoms with Crippen LogP contribution in [0.5, 0.6) is 5.88 Å². The van der Waals surface area contributed by atoms with Gasteiger partial charge < -0.3 is 19.3 Å². The molecule has 7 rings (SSSR count). The Morgan fingerprint density at radius 2 is 2.18 bits per heavy atom. The first kappa shape index (κ1) is 25.4. The number of amides is 1. The molecule has 1 amide bonds. The maximum absolute atomic E-state index is 15.9. The summed E-state index contributed by atoms with van der Waals surface area (Å²) < 4.78 is 24.9. The maximum Gasteiger partial charge on any atom is 0.407 e. The predicted octanol–water partition coefficient (Wildman–Crippen LogP) is 5.64. The number of pyridine rings is 1. The number of likely N-dealkylation sites (tertiary alicyclic amines) is 1. The first-order valence-corrected chi connectivity index (χ1v) is 14.1. The van der Waals surface area contributed by atoms with E-state index in [1.165, 1.54) is 4.90 Å². The van der Waals surface area contributed by atoms with Crippen LogP contribution in [0.1, 0.15) is 49.9 Å². The Kier molecular flexibility index (Phi) is 6.27. The van der Waals surface area contributed by atoms with E-state index in [2.05, 4.69) is 38.5 Å². The molecule has 1 aliphatic carbocycles. The molecule has 38 heavy (non-hydrogen) atoms. The van der Waals surface area contributed by atoms with Crippen LogP contribution in [0.3, 0.4) is 0 Å². The van der Waals surface area contributed by atoms with Gasteiger partial charge in [0.05, 0.1) is 33.5 Å². The summed E-state index contributed by atoms with van der Waals surface area (Å²) in [5.41, 5.74) is 2.72. The second-order valence-corrected chi connectivity index (χ2v) is 11.8. The Balaban J connectivity index is 1.56. The van der Waals surface area contributed by atoms with Crippen LogP contribution in [-0.4, -0.2) is 68.9 Å². The number of ether oxygens (including phenoxy) is 1. The van der Waals surface area contributed by atoms with E-state index in [-0.39, 0.29) is 42.1 Å². The topological polar surface area (TPSA) is 94.6 Å². The van der Waals surface area contributed by atoms with Gasteiger partial charge >= 0.3 is 6.09 Å². The number of nitrogens with zero attached hydrogens (tertiary/aromatic N) is 5. The van der Waals surface area contributed by atoms with Crippen molar-refractivity contribution in [2.24, 2.45) is 5.92 Å². The van der Waals surface area contributed by atoms with Crippen molar-refractivity contribution >= 4 is 43.8 Å². The number of halogens is 2. The number of nitriles is 1. The number of carbonyl (C=O) groups is 1. The summed E-state index contributed by atoms with van der Waals surface area (Å²) in [5.74, 6) is 0.142. The van der Waals surface area contributed by atoms with Gasteiger partial charge in [0, 0.05) is 36.0 Å². The summed E-state index contributed by atoms with van der Waals surface area (Å²) in [5, 5.41) is 20.4. The summed E-state index contributed by atoms with van der Waals surface area (Å²) in [4.78, 5) is 20.5. The number of fused-ring (bicyclic) bond motifs is 4. The van der Waals surface area contributed by atoms with Crippen LogP contribution in [0.25, 0.3) is 21.8 Å². The third kappa shape index (κ3) is 3.77. The van der Waals surface area contributed by atoms with Gasteiger partial charge in [0.25, 0.3) is 0 Å². The lowest BCUT2D eigenvalue weighted by Gasteiger charge is -2.38. The molecule has 10 heteroatoms. The molecule has 5 heterocycles. The molecular formula is C28H31BrFN5O3. The smallest absolute Gasteiger partial charge is 0.407 e. The molecule has 1 N–H and O–H groups in total. The van der Waals surface area contributed by atoms with Gasteiger partial charge in [-0.2, -0.15) is 5.26 Å². The van der Waals surface area contributed by atoms with E-state index in [0.717, 1.165) is 42.4 Å². The molecule has 200 valence electrons. The van der Waals surface area contributed by atoms with E-state index < -0.39 is 11.9 Å². The highest BCUT2D eigenvalue weighted by Crippen LogP contribution is 2.52. The minimum Gasteiger partial charge on any atom is -0.472 e. The van der Waals surface area contributed by atoms with Gasteiger partial charge in [0.15, 0.2) is 5.82 Å². The summed E-state index contributed by atoms with van der Waals surface area (Å²) in [6, 6.07) is 6.24. The molecule has 1 unspecified atom stereocenters. The average Bonchev–Trinajstić information content (AvgIpc) is 3.65. The number of benzene rings is 1. The van der Waals surface area contributed by atoms with Crippen LogP contribution in [-0.2, 0) is 6.42 Å². The van der Waals surface area contributed by atoms with Gasteiger partial charge in [-0.3, -0.25) is 4.90 Å². The van der Waals surface area contributed by atoms with Crippen LogP contribution in [0.2, 0.25) is 0 Å².